The second-order valence-electron chi connectivity index (χ2n) is 3.62. The molecule has 1 amide bonds. The summed E-state index contributed by atoms with van der Waals surface area (Å²) < 4.78 is 26.3. The first-order valence-corrected chi connectivity index (χ1v) is 5.50. The molecule has 0 spiro atoms. The second kappa shape index (κ2) is 5.19. The molecule has 98 valence electrons. The van der Waals surface area contributed by atoms with Gasteiger partial charge in [-0.25, -0.2) is 8.78 Å². The van der Waals surface area contributed by atoms with Gasteiger partial charge in [0.25, 0.3) is 5.91 Å². The molecule has 4 nitrogen and oxygen atoms in total. The van der Waals surface area contributed by atoms with Crippen LogP contribution in [0.15, 0.2) is 35.4 Å². The van der Waals surface area contributed by atoms with Gasteiger partial charge in [-0.2, -0.15) is 0 Å². The maximum absolute atomic E-state index is 13.5. The number of aromatic nitrogens is 1. The first-order valence-electron chi connectivity index (χ1n) is 5.12. The number of aromatic amines is 1. The van der Waals surface area contributed by atoms with E-state index in [1.54, 1.807) is 0 Å². The van der Waals surface area contributed by atoms with E-state index in [0.717, 1.165) is 12.1 Å². The molecular formula is C12H7ClF2N2O2. The number of halogens is 3. The molecular weight excluding hydrogens is 278 g/mol. The third-order valence-electron chi connectivity index (χ3n) is 2.31. The average Bonchev–Trinajstić information content (AvgIpc) is 2.34. The minimum absolute atomic E-state index is 0.206. The molecule has 2 aromatic rings. The molecule has 2 rings (SSSR count). The quantitative estimate of drug-likeness (QED) is 0.890. The summed E-state index contributed by atoms with van der Waals surface area (Å²) in [4.78, 5) is 25.7. The van der Waals surface area contributed by atoms with Gasteiger partial charge in [-0.05, 0) is 6.07 Å². The van der Waals surface area contributed by atoms with Gasteiger partial charge in [0.1, 0.15) is 11.4 Å². The van der Waals surface area contributed by atoms with Crippen LogP contribution in [0.2, 0.25) is 5.02 Å². The Morgan fingerprint density at radius 3 is 2.68 bits per heavy atom. The fourth-order valence-electron chi connectivity index (χ4n) is 1.44. The van der Waals surface area contributed by atoms with E-state index in [-0.39, 0.29) is 16.3 Å². The number of rotatable bonds is 2. The number of amides is 1. The van der Waals surface area contributed by atoms with Gasteiger partial charge in [0.15, 0.2) is 11.2 Å². The van der Waals surface area contributed by atoms with Gasteiger partial charge >= 0.3 is 0 Å². The van der Waals surface area contributed by atoms with Crippen molar-refractivity contribution in [3.05, 3.63) is 63.0 Å². The zero-order chi connectivity index (χ0) is 14.0. The highest BCUT2D eigenvalue weighted by Gasteiger charge is 2.15. The van der Waals surface area contributed by atoms with E-state index in [0.29, 0.717) is 6.07 Å². The molecule has 0 saturated carbocycles. The standard InChI is InChI=1S/C12H7ClF2N2O2/c13-8-3-6(14)4-9(15)11(8)17-12(19)7-5-16-2-1-10(7)18/h1-5H,(H,16,18)(H,17,19). The number of anilines is 1. The van der Waals surface area contributed by atoms with E-state index in [1.807, 2.05) is 0 Å². The molecule has 0 aliphatic rings. The third kappa shape index (κ3) is 2.79. The van der Waals surface area contributed by atoms with Crippen LogP contribution >= 0.6 is 11.6 Å². The molecule has 7 heteroatoms. The van der Waals surface area contributed by atoms with Crippen LogP contribution in [-0.4, -0.2) is 10.9 Å². The molecule has 0 atom stereocenters. The number of benzene rings is 1. The van der Waals surface area contributed by atoms with Crippen LogP contribution < -0.4 is 10.7 Å². The Kier molecular flexibility index (Phi) is 3.62. The Labute approximate surface area is 111 Å². The Morgan fingerprint density at radius 2 is 2.05 bits per heavy atom. The van der Waals surface area contributed by atoms with Crippen molar-refractivity contribution in [3.63, 3.8) is 0 Å². The number of carbonyl (C=O) groups is 1. The first-order chi connectivity index (χ1) is 8.99. The summed E-state index contributed by atoms with van der Waals surface area (Å²) in [7, 11) is 0. The number of carbonyl (C=O) groups excluding carboxylic acids is 1. The number of hydrogen-bond donors (Lipinski definition) is 2. The summed E-state index contributed by atoms with van der Waals surface area (Å²) in [5, 5.41) is 1.84. The van der Waals surface area contributed by atoms with Crippen molar-refractivity contribution in [1.29, 1.82) is 0 Å². The Bertz CT molecular complexity index is 677. The van der Waals surface area contributed by atoms with E-state index >= 15 is 0 Å². The fourth-order valence-corrected chi connectivity index (χ4v) is 1.68. The Morgan fingerprint density at radius 1 is 1.32 bits per heavy atom. The van der Waals surface area contributed by atoms with Gasteiger partial charge in [-0.3, -0.25) is 9.59 Å². The van der Waals surface area contributed by atoms with Gasteiger partial charge in [0, 0.05) is 24.5 Å². The molecule has 1 aromatic carbocycles. The van der Waals surface area contributed by atoms with Crippen LogP contribution in [0.1, 0.15) is 10.4 Å². The SMILES string of the molecule is O=C(Nc1c(F)cc(F)cc1Cl)c1c[nH]ccc1=O. The van der Waals surface area contributed by atoms with Crippen LogP contribution in [0.5, 0.6) is 0 Å². The van der Waals surface area contributed by atoms with E-state index in [4.69, 9.17) is 11.6 Å². The lowest BCUT2D eigenvalue weighted by Gasteiger charge is -2.08. The van der Waals surface area contributed by atoms with Crippen molar-refractivity contribution in [2.75, 3.05) is 5.32 Å². The summed E-state index contributed by atoms with van der Waals surface area (Å²) in [5.41, 5.74) is -1.12. The van der Waals surface area contributed by atoms with E-state index in [1.165, 1.54) is 12.4 Å². The van der Waals surface area contributed by atoms with Gasteiger partial charge in [0.2, 0.25) is 0 Å². The number of H-pyrrole nitrogens is 1. The van der Waals surface area contributed by atoms with E-state index in [2.05, 4.69) is 10.3 Å². The molecule has 1 heterocycles. The average molecular weight is 285 g/mol. The summed E-state index contributed by atoms with van der Waals surface area (Å²) >= 11 is 5.63. The predicted octanol–water partition coefficient (Wildman–Crippen LogP) is 2.56. The molecule has 0 radical (unpaired) electrons. The minimum atomic E-state index is -1.02. The highest BCUT2D eigenvalue weighted by atomic mass is 35.5. The van der Waals surface area contributed by atoms with Crippen molar-refractivity contribution in [3.8, 4) is 0 Å². The molecule has 0 fully saturated rings. The van der Waals surface area contributed by atoms with Gasteiger partial charge in [0.05, 0.1) is 10.7 Å². The minimum Gasteiger partial charge on any atom is -0.367 e. The number of nitrogens with one attached hydrogen (secondary N) is 2. The zero-order valence-corrected chi connectivity index (χ0v) is 10.1. The van der Waals surface area contributed by atoms with Crippen molar-refractivity contribution in [2.24, 2.45) is 0 Å². The Balaban J connectivity index is 2.35. The topological polar surface area (TPSA) is 62.0 Å². The van der Waals surface area contributed by atoms with Crippen molar-refractivity contribution in [2.45, 2.75) is 0 Å². The highest BCUT2D eigenvalue weighted by Crippen LogP contribution is 2.26. The number of pyridine rings is 1. The van der Waals surface area contributed by atoms with Crippen LogP contribution in [0.3, 0.4) is 0 Å². The molecule has 0 unspecified atom stereocenters. The smallest absolute Gasteiger partial charge is 0.261 e. The molecule has 1 aromatic heterocycles. The first kappa shape index (κ1) is 13.2. The van der Waals surface area contributed by atoms with E-state index < -0.39 is 23.0 Å². The summed E-state index contributed by atoms with van der Waals surface area (Å²) in [6, 6.07) is 2.59. The van der Waals surface area contributed by atoms with Gasteiger partial charge < -0.3 is 10.3 Å². The molecule has 0 aliphatic carbocycles. The third-order valence-corrected chi connectivity index (χ3v) is 2.61. The summed E-state index contributed by atoms with van der Waals surface area (Å²) in [6.45, 7) is 0. The summed E-state index contributed by atoms with van der Waals surface area (Å²) in [6.07, 6.45) is 2.53. The number of hydrogen-bond acceptors (Lipinski definition) is 2. The maximum atomic E-state index is 13.5. The van der Waals surface area contributed by atoms with Crippen LogP contribution in [0, 0.1) is 11.6 Å². The van der Waals surface area contributed by atoms with Crippen LogP contribution in [-0.2, 0) is 0 Å². The van der Waals surface area contributed by atoms with Crippen molar-refractivity contribution < 1.29 is 13.6 Å². The second-order valence-corrected chi connectivity index (χ2v) is 4.03. The predicted molar refractivity (Wildman–Crippen MR) is 66.4 cm³/mol. The van der Waals surface area contributed by atoms with Crippen LogP contribution in [0.25, 0.3) is 0 Å². The van der Waals surface area contributed by atoms with Crippen molar-refractivity contribution >= 4 is 23.2 Å². The lowest BCUT2D eigenvalue weighted by atomic mass is 10.2. The lowest BCUT2D eigenvalue weighted by Crippen LogP contribution is -2.21. The Hall–Kier alpha value is -2.21. The maximum Gasteiger partial charge on any atom is 0.261 e. The lowest BCUT2D eigenvalue weighted by molar-refractivity contribution is 0.102. The van der Waals surface area contributed by atoms with E-state index in [9.17, 15) is 18.4 Å². The molecule has 2 N–H and O–H groups in total. The molecule has 0 saturated heterocycles. The van der Waals surface area contributed by atoms with Gasteiger partial charge in [-0.15, -0.1) is 0 Å². The van der Waals surface area contributed by atoms with Crippen molar-refractivity contribution in [1.82, 2.24) is 4.98 Å². The molecule has 19 heavy (non-hydrogen) atoms. The summed E-state index contributed by atoms with van der Waals surface area (Å²) in [5.74, 6) is -2.72. The highest BCUT2D eigenvalue weighted by molar-refractivity contribution is 6.34. The normalized spacial score (nSPS) is 10.3. The molecule has 0 bridgehead atoms. The van der Waals surface area contributed by atoms with Crippen LogP contribution in [0.4, 0.5) is 14.5 Å². The monoisotopic (exact) mass is 284 g/mol. The zero-order valence-electron chi connectivity index (χ0n) is 9.34. The van der Waals surface area contributed by atoms with Gasteiger partial charge in [-0.1, -0.05) is 11.6 Å². The fraction of sp³-hybridized carbons (Fsp3) is 0. The largest absolute Gasteiger partial charge is 0.367 e. The molecule has 0 aliphatic heterocycles.